The van der Waals surface area contributed by atoms with E-state index in [4.69, 9.17) is 10.5 Å². The topological polar surface area (TPSA) is 41.7 Å². The minimum atomic E-state index is 0.364. The second kappa shape index (κ2) is 6.14. The van der Waals surface area contributed by atoms with E-state index in [1.54, 1.807) is 0 Å². The largest absolute Gasteiger partial charge is 0.374 e. The van der Waals surface area contributed by atoms with Gasteiger partial charge in [-0.2, -0.15) is 0 Å². The number of piperidine rings is 1. The summed E-state index contributed by atoms with van der Waals surface area (Å²) in [6.07, 6.45) is 4.25. The summed E-state index contributed by atoms with van der Waals surface area (Å²) in [5.41, 5.74) is 5.90. The second-order valence-electron chi connectivity index (χ2n) is 5.62. The van der Waals surface area contributed by atoms with Gasteiger partial charge >= 0.3 is 0 Å². The fraction of sp³-hybridized carbons (Fsp3) is 1.00. The third-order valence-corrected chi connectivity index (χ3v) is 4.22. The average Bonchev–Trinajstić information content (AvgIpc) is 2.32. The molecular weight excluding hydrogens is 214 g/mol. The Hall–Kier alpha value is -0.160. The third kappa shape index (κ3) is 3.41. The highest BCUT2D eigenvalue weighted by atomic mass is 16.5. The molecular formula is C13H27N3O. The predicted molar refractivity (Wildman–Crippen MR) is 70.1 cm³/mol. The molecule has 0 aromatic carbocycles. The summed E-state index contributed by atoms with van der Waals surface area (Å²) in [5, 5.41) is 0. The zero-order chi connectivity index (χ0) is 12.3. The van der Waals surface area contributed by atoms with Crippen molar-refractivity contribution >= 4 is 0 Å². The number of morpholine rings is 1. The fourth-order valence-corrected chi connectivity index (χ4v) is 3.14. The van der Waals surface area contributed by atoms with E-state index in [1.165, 1.54) is 19.3 Å². The second-order valence-corrected chi connectivity index (χ2v) is 5.62. The van der Waals surface area contributed by atoms with E-state index in [-0.39, 0.29) is 0 Å². The highest BCUT2D eigenvalue weighted by Crippen LogP contribution is 2.23. The highest BCUT2D eigenvalue weighted by molar-refractivity contribution is 4.86. The van der Waals surface area contributed by atoms with Gasteiger partial charge in [0.1, 0.15) is 0 Å². The molecule has 2 heterocycles. The first-order valence-corrected chi connectivity index (χ1v) is 6.96. The summed E-state index contributed by atoms with van der Waals surface area (Å²) in [6.45, 7) is 7.15. The first-order valence-electron chi connectivity index (χ1n) is 6.96. The Balaban J connectivity index is 1.90. The van der Waals surface area contributed by atoms with Gasteiger partial charge in [-0.3, -0.25) is 4.90 Å². The molecule has 2 aliphatic rings. The lowest BCUT2D eigenvalue weighted by Gasteiger charge is -2.43. The van der Waals surface area contributed by atoms with Crippen molar-refractivity contribution in [1.82, 2.24) is 9.80 Å². The van der Waals surface area contributed by atoms with Gasteiger partial charge in [-0.15, -0.1) is 0 Å². The minimum absolute atomic E-state index is 0.364. The molecule has 0 radical (unpaired) electrons. The highest BCUT2D eigenvalue weighted by Gasteiger charge is 2.30. The summed E-state index contributed by atoms with van der Waals surface area (Å²) in [4.78, 5) is 4.94. The molecule has 3 unspecified atom stereocenters. The van der Waals surface area contributed by atoms with Gasteiger partial charge in [0.15, 0.2) is 0 Å². The number of hydrogen-bond acceptors (Lipinski definition) is 4. The van der Waals surface area contributed by atoms with Crippen molar-refractivity contribution < 1.29 is 4.74 Å². The summed E-state index contributed by atoms with van der Waals surface area (Å²) in [5.74, 6) is 0. The standard InChI is InChI=1S/C13H27N3O/c1-11-4-3-5-12(8-14)16(11)10-13-9-15(2)6-7-17-13/h11-13H,3-10,14H2,1-2H3. The molecule has 17 heavy (non-hydrogen) atoms. The van der Waals surface area contributed by atoms with Gasteiger partial charge in [0.05, 0.1) is 12.7 Å². The molecule has 0 aromatic heterocycles. The van der Waals surface area contributed by atoms with Crippen LogP contribution in [0.25, 0.3) is 0 Å². The number of nitrogens with zero attached hydrogens (tertiary/aromatic N) is 2. The number of ether oxygens (including phenoxy) is 1. The molecule has 2 rings (SSSR count). The molecule has 2 fully saturated rings. The molecule has 3 atom stereocenters. The Morgan fingerprint density at radius 2 is 2.18 bits per heavy atom. The average molecular weight is 241 g/mol. The Bertz CT molecular complexity index is 237. The van der Waals surface area contributed by atoms with E-state index >= 15 is 0 Å². The SMILES string of the molecule is CC1CCCC(CN)N1CC1CN(C)CCO1. The van der Waals surface area contributed by atoms with Crippen molar-refractivity contribution in [2.24, 2.45) is 5.73 Å². The van der Waals surface area contributed by atoms with Crippen LogP contribution >= 0.6 is 0 Å². The maximum atomic E-state index is 5.90. The molecule has 4 nitrogen and oxygen atoms in total. The van der Waals surface area contributed by atoms with Gasteiger partial charge in [0.25, 0.3) is 0 Å². The van der Waals surface area contributed by atoms with Crippen molar-refractivity contribution in [3.05, 3.63) is 0 Å². The minimum Gasteiger partial charge on any atom is -0.374 e. The first kappa shape index (κ1) is 13.3. The van der Waals surface area contributed by atoms with Crippen LogP contribution in [0.1, 0.15) is 26.2 Å². The zero-order valence-electron chi connectivity index (χ0n) is 11.3. The number of rotatable bonds is 3. The van der Waals surface area contributed by atoms with Crippen LogP contribution < -0.4 is 5.73 Å². The molecule has 0 spiro atoms. The van der Waals surface area contributed by atoms with Gasteiger partial charge in [-0.05, 0) is 26.8 Å². The van der Waals surface area contributed by atoms with Crippen LogP contribution in [0.2, 0.25) is 0 Å². The summed E-state index contributed by atoms with van der Waals surface area (Å²) >= 11 is 0. The van der Waals surface area contributed by atoms with Crippen LogP contribution in [0, 0.1) is 0 Å². The maximum Gasteiger partial charge on any atom is 0.0829 e. The number of hydrogen-bond donors (Lipinski definition) is 1. The normalized spacial score (nSPS) is 37.2. The van der Waals surface area contributed by atoms with Crippen LogP contribution in [-0.2, 0) is 4.74 Å². The summed E-state index contributed by atoms with van der Waals surface area (Å²) in [7, 11) is 2.18. The molecule has 2 N–H and O–H groups in total. The molecule has 4 heteroatoms. The van der Waals surface area contributed by atoms with Crippen molar-refractivity contribution in [3.63, 3.8) is 0 Å². The Morgan fingerprint density at radius 1 is 1.35 bits per heavy atom. The monoisotopic (exact) mass is 241 g/mol. The third-order valence-electron chi connectivity index (χ3n) is 4.22. The zero-order valence-corrected chi connectivity index (χ0v) is 11.3. The molecule has 100 valence electrons. The van der Waals surface area contributed by atoms with E-state index in [0.29, 0.717) is 18.2 Å². The van der Waals surface area contributed by atoms with Crippen LogP contribution in [0.3, 0.4) is 0 Å². The van der Waals surface area contributed by atoms with Gasteiger partial charge in [0.2, 0.25) is 0 Å². The van der Waals surface area contributed by atoms with Crippen molar-refractivity contribution in [2.75, 3.05) is 39.8 Å². The van der Waals surface area contributed by atoms with Gasteiger partial charge in [0, 0.05) is 38.3 Å². The van der Waals surface area contributed by atoms with Crippen molar-refractivity contribution in [3.8, 4) is 0 Å². The van der Waals surface area contributed by atoms with E-state index in [1.807, 2.05) is 0 Å². The number of nitrogens with two attached hydrogens (primary N) is 1. The molecule has 0 saturated carbocycles. The molecule has 0 bridgehead atoms. The lowest BCUT2D eigenvalue weighted by atomic mass is 9.96. The number of likely N-dealkylation sites (tertiary alicyclic amines) is 1. The molecule has 0 aromatic rings. The first-order chi connectivity index (χ1) is 8.20. The van der Waals surface area contributed by atoms with Crippen LogP contribution in [-0.4, -0.2) is 67.8 Å². The molecule has 2 aliphatic heterocycles. The Labute approximate surface area is 105 Å². The predicted octanol–water partition coefficient (Wildman–Crippen LogP) is 0.519. The van der Waals surface area contributed by atoms with Gasteiger partial charge in [-0.1, -0.05) is 6.42 Å². The molecule has 0 aliphatic carbocycles. The van der Waals surface area contributed by atoms with Gasteiger partial charge in [-0.25, -0.2) is 0 Å². The quantitative estimate of drug-likeness (QED) is 0.782. The van der Waals surface area contributed by atoms with E-state index in [9.17, 15) is 0 Å². The Morgan fingerprint density at radius 3 is 2.88 bits per heavy atom. The lowest BCUT2D eigenvalue weighted by molar-refractivity contribution is -0.0531. The summed E-state index contributed by atoms with van der Waals surface area (Å²) < 4.78 is 5.87. The van der Waals surface area contributed by atoms with Crippen molar-refractivity contribution in [2.45, 2.75) is 44.4 Å². The summed E-state index contributed by atoms with van der Waals surface area (Å²) in [6, 6.07) is 1.22. The van der Waals surface area contributed by atoms with Crippen LogP contribution in [0.4, 0.5) is 0 Å². The van der Waals surface area contributed by atoms with E-state index in [0.717, 1.165) is 32.8 Å². The van der Waals surface area contributed by atoms with Crippen LogP contribution in [0.5, 0.6) is 0 Å². The fourth-order valence-electron chi connectivity index (χ4n) is 3.14. The Kier molecular flexibility index (Phi) is 4.79. The lowest BCUT2D eigenvalue weighted by Crippen LogP contribution is -2.54. The molecule has 2 saturated heterocycles. The van der Waals surface area contributed by atoms with E-state index < -0.39 is 0 Å². The van der Waals surface area contributed by atoms with Gasteiger partial charge < -0.3 is 15.4 Å². The van der Waals surface area contributed by atoms with Crippen LogP contribution in [0.15, 0.2) is 0 Å². The molecule has 0 amide bonds. The smallest absolute Gasteiger partial charge is 0.0829 e. The maximum absolute atomic E-state index is 5.90. The number of likely N-dealkylation sites (N-methyl/N-ethyl adjacent to an activating group) is 1. The van der Waals surface area contributed by atoms with E-state index in [2.05, 4.69) is 23.8 Å². The van der Waals surface area contributed by atoms with Crippen molar-refractivity contribution in [1.29, 1.82) is 0 Å².